The van der Waals surface area contributed by atoms with Crippen molar-refractivity contribution in [1.29, 1.82) is 0 Å². The third kappa shape index (κ3) is 2.82. The van der Waals surface area contributed by atoms with E-state index in [1.54, 1.807) is 6.92 Å². The molecule has 1 rings (SSSR count). The molecule has 1 unspecified atom stereocenters. The Morgan fingerprint density at radius 1 is 1.53 bits per heavy atom. The second-order valence-corrected chi connectivity index (χ2v) is 3.56. The van der Waals surface area contributed by atoms with Gasteiger partial charge in [-0.25, -0.2) is 4.98 Å². The van der Waals surface area contributed by atoms with Crippen molar-refractivity contribution in [3.8, 4) is 0 Å². The van der Waals surface area contributed by atoms with Crippen LogP contribution in [0.5, 0.6) is 0 Å². The minimum Gasteiger partial charge on any atom is -0.330 e. The number of pyridine rings is 1. The number of nitrogens with zero attached hydrogens (tertiary/aromatic N) is 1. The molecule has 0 fully saturated rings. The summed E-state index contributed by atoms with van der Waals surface area (Å²) in [6.45, 7) is 1.11. The Kier molecular flexibility index (Phi) is 3.57. The van der Waals surface area contributed by atoms with Crippen molar-refractivity contribution in [3.63, 3.8) is 0 Å². The normalized spacial score (nSPS) is 14.0. The van der Waals surface area contributed by atoms with Crippen molar-refractivity contribution in [1.82, 2.24) is 4.98 Å². The van der Waals surface area contributed by atoms with Gasteiger partial charge in [-0.15, -0.1) is 0 Å². The lowest BCUT2D eigenvalue weighted by atomic mass is 9.99. The first kappa shape index (κ1) is 12.3. The Morgan fingerprint density at radius 3 is 2.53 bits per heavy atom. The molecule has 0 bridgehead atoms. The Labute approximate surface area is 90.3 Å². The van der Waals surface area contributed by atoms with Gasteiger partial charge in [0.25, 0.3) is 0 Å². The van der Waals surface area contributed by atoms with Gasteiger partial charge in [0.1, 0.15) is 5.15 Å². The maximum Gasteiger partial charge on any atom is 0.397 e. The second kappa shape index (κ2) is 4.37. The van der Waals surface area contributed by atoms with E-state index in [1.807, 2.05) is 0 Å². The maximum atomic E-state index is 12.5. The Morgan fingerprint density at radius 2 is 2.13 bits per heavy atom. The van der Waals surface area contributed by atoms with Crippen LogP contribution in [0.3, 0.4) is 0 Å². The van der Waals surface area contributed by atoms with Crippen LogP contribution in [0.1, 0.15) is 17.0 Å². The highest BCUT2D eigenvalue weighted by atomic mass is 35.5. The van der Waals surface area contributed by atoms with Crippen LogP contribution in [0.2, 0.25) is 5.15 Å². The summed E-state index contributed by atoms with van der Waals surface area (Å²) in [5.41, 5.74) is 5.66. The molecule has 0 radical (unpaired) electrons. The van der Waals surface area contributed by atoms with Crippen LogP contribution in [-0.2, 0) is 0 Å². The van der Waals surface area contributed by atoms with Gasteiger partial charge >= 0.3 is 6.18 Å². The molecule has 1 aromatic rings. The molecule has 1 aromatic heterocycles. The van der Waals surface area contributed by atoms with E-state index in [0.717, 1.165) is 6.20 Å². The molecule has 2 nitrogen and oxygen atoms in total. The number of rotatable bonds is 2. The molecule has 1 atom stereocenters. The number of hydrogen-bond donors (Lipinski definition) is 1. The first-order valence-corrected chi connectivity index (χ1v) is 4.63. The molecule has 2 N–H and O–H groups in total. The highest BCUT2D eigenvalue weighted by Crippen LogP contribution is 2.34. The number of alkyl halides is 3. The topological polar surface area (TPSA) is 38.9 Å². The van der Waals surface area contributed by atoms with Crippen LogP contribution in [0, 0.1) is 6.92 Å². The highest BCUT2D eigenvalue weighted by Gasteiger charge is 2.39. The van der Waals surface area contributed by atoms with Crippen LogP contribution < -0.4 is 5.73 Å². The molecule has 0 aliphatic heterocycles. The number of aromatic nitrogens is 1. The van der Waals surface area contributed by atoms with Gasteiger partial charge in [0.2, 0.25) is 0 Å². The molecule has 1 heterocycles. The molecule has 15 heavy (non-hydrogen) atoms. The van der Waals surface area contributed by atoms with E-state index >= 15 is 0 Å². The van der Waals surface area contributed by atoms with Gasteiger partial charge < -0.3 is 5.73 Å². The summed E-state index contributed by atoms with van der Waals surface area (Å²) in [6, 6.07) is 1.36. The van der Waals surface area contributed by atoms with E-state index in [9.17, 15) is 13.2 Å². The fraction of sp³-hybridized carbons (Fsp3) is 0.444. The van der Waals surface area contributed by atoms with Gasteiger partial charge in [-0.3, -0.25) is 0 Å². The fourth-order valence-electron chi connectivity index (χ4n) is 1.23. The lowest BCUT2D eigenvalue weighted by molar-refractivity contribution is -0.148. The summed E-state index contributed by atoms with van der Waals surface area (Å²) in [7, 11) is 0. The van der Waals surface area contributed by atoms with Crippen molar-refractivity contribution in [2.45, 2.75) is 19.0 Å². The van der Waals surface area contributed by atoms with Crippen LogP contribution in [-0.4, -0.2) is 17.7 Å². The van der Waals surface area contributed by atoms with Crippen molar-refractivity contribution >= 4 is 11.6 Å². The molecule has 84 valence electrons. The Hall–Kier alpha value is -0.810. The minimum atomic E-state index is -4.35. The summed E-state index contributed by atoms with van der Waals surface area (Å²) in [5, 5.41) is 0.205. The smallest absolute Gasteiger partial charge is 0.330 e. The molecule has 0 saturated carbocycles. The molecule has 0 amide bonds. The third-order valence-electron chi connectivity index (χ3n) is 2.07. The number of aryl methyl sites for hydroxylation is 1. The second-order valence-electron chi connectivity index (χ2n) is 3.21. The van der Waals surface area contributed by atoms with Gasteiger partial charge in [-0.2, -0.15) is 13.2 Å². The zero-order valence-electron chi connectivity index (χ0n) is 7.98. The van der Waals surface area contributed by atoms with E-state index < -0.39 is 18.6 Å². The van der Waals surface area contributed by atoms with E-state index in [2.05, 4.69) is 4.98 Å². The monoisotopic (exact) mass is 238 g/mol. The molecule has 6 heteroatoms. The molecule has 0 aliphatic rings. The zero-order chi connectivity index (χ0) is 11.6. The number of halogens is 4. The lowest BCUT2D eigenvalue weighted by Crippen LogP contribution is -2.28. The van der Waals surface area contributed by atoms with E-state index in [1.165, 1.54) is 6.07 Å². The quantitative estimate of drug-likeness (QED) is 0.805. The summed E-state index contributed by atoms with van der Waals surface area (Å²) >= 11 is 5.62. The summed E-state index contributed by atoms with van der Waals surface area (Å²) in [5.74, 6) is -1.68. The maximum absolute atomic E-state index is 12.5. The number of hydrogen-bond acceptors (Lipinski definition) is 2. The molecular formula is C9H10ClF3N2. The SMILES string of the molecule is Cc1cc(C(CN)C(F)(F)F)cnc1Cl. The summed E-state index contributed by atoms with van der Waals surface area (Å²) in [6.07, 6.45) is -3.24. The van der Waals surface area contributed by atoms with Gasteiger partial charge in [0.05, 0.1) is 5.92 Å². The molecular weight excluding hydrogens is 229 g/mol. The predicted octanol–water partition coefficient (Wildman–Crippen LogP) is 2.65. The van der Waals surface area contributed by atoms with Crippen LogP contribution in [0.25, 0.3) is 0 Å². The first-order valence-electron chi connectivity index (χ1n) is 4.25. The van der Waals surface area contributed by atoms with Crippen LogP contribution in [0.15, 0.2) is 12.3 Å². The lowest BCUT2D eigenvalue weighted by Gasteiger charge is -2.18. The Balaban J connectivity index is 3.08. The fourth-order valence-corrected chi connectivity index (χ4v) is 1.33. The van der Waals surface area contributed by atoms with E-state index in [-0.39, 0.29) is 10.7 Å². The standard InChI is InChI=1S/C9H10ClF3N2/c1-5-2-6(4-15-8(5)10)7(3-14)9(11,12)13/h2,4,7H,3,14H2,1H3. The zero-order valence-corrected chi connectivity index (χ0v) is 8.73. The molecule has 0 aromatic carbocycles. The van der Waals surface area contributed by atoms with Gasteiger partial charge in [0, 0.05) is 12.7 Å². The third-order valence-corrected chi connectivity index (χ3v) is 2.46. The van der Waals surface area contributed by atoms with E-state index in [4.69, 9.17) is 17.3 Å². The number of nitrogens with two attached hydrogens (primary N) is 1. The molecule has 0 aliphatic carbocycles. The van der Waals surface area contributed by atoms with Crippen LogP contribution in [0.4, 0.5) is 13.2 Å². The molecule has 0 saturated heterocycles. The highest BCUT2D eigenvalue weighted by molar-refractivity contribution is 6.30. The summed E-state index contributed by atoms with van der Waals surface area (Å²) in [4.78, 5) is 3.67. The predicted molar refractivity (Wildman–Crippen MR) is 51.8 cm³/mol. The van der Waals surface area contributed by atoms with Crippen molar-refractivity contribution in [3.05, 3.63) is 28.5 Å². The Bertz CT molecular complexity index is 352. The van der Waals surface area contributed by atoms with Crippen molar-refractivity contribution in [2.75, 3.05) is 6.54 Å². The van der Waals surface area contributed by atoms with Gasteiger partial charge in [-0.1, -0.05) is 17.7 Å². The van der Waals surface area contributed by atoms with Gasteiger partial charge in [0.15, 0.2) is 0 Å². The van der Waals surface area contributed by atoms with Crippen molar-refractivity contribution in [2.24, 2.45) is 5.73 Å². The molecule has 0 spiro atoms. The van der Waals surface area contributed by atoms with Crippen LogP contribution >= 0.6 is 11.6 Å². The minimum absolute atomic E-state index is 0.0481. The first-order chi connectivity index (χ1) is 6.86. The average Bonchev–Trinajstić information content (AvgIpc) is 2.10. The van der Waals surface area contributed by atoms with Gasteiger partial charge in [-0.05, 0) is 18.1 Å². The summed E-state index contributed by atoms with van der Waals surface area (Å²) < 4.78 is 37.5. The van der Waals surface area contributed by atoms with Crippen molar-refractivity contribution < 1.29 is 13.2 Å². The average molecular weight is 239 g/mol. The largest absolute Gasteiger partial charge is 0.397 e. The van der Waals surface area contributed by atoms with E-state index in [0.29, 0.717) is 5.56 Å².